The van der Waals surface area contributed by atoms with Gasteiger partial charge in [-0.1, -0.05) is 30.3 Å². The lowest BCUT2D eigenvalue weighted by molar-refractivity contribution is 0.957. The molecule has 2 rings (SSSR count). The molecule has 0 atom stereocenters. The van der Waals surface area contributed by atoms with Crippen LogP contribution in [0.15, 0.2) is 45.4 Å². The molecule has 0 fully saturated rings. The van der Waals surface area contributed by atoms with Crippen LogP contribution in [0.4, 0.5) is 5.69 Å². The highest BCUT2D eigenvalue weighted by atomic mass is 32.2. The summed E-state index contributed by atoms with van der Waals surface area (Å²) in [6.07, 6.45) is 5.88. The number of nitrogens with zero attached hydrogens (tertiary/aromatic N) is 2. The second-order valence-electron chi connectivity index (χ2n) is 3.28. The molecule has 0 aliphatic carbocycles. The molecule has 1 N–H and O–H groups in total. The molecule has 88 valence electrons. The average Bonchev–Trinajstić information content (AvgIpc) is 2.79. The summed E-state index contributed by atoms with van der Waals surface area (Å²) >= 11 is 3.22. The number of aromatic amines is 1. The number of aromatic nitrogens is 2. The van der Waals surface area contributed by atoms with Gasteiger partial charge in [-0.05, 0) is 18.1 Å². The zero-order valence-corrected chi connectivity index (χ0v) is 11.3. The van der Waals surface area contributed by atoms with Gasteiger partial charge in [-0.15, -0.1) is 23.5 Å². The van der Waals surface area contributed by atoms with Crippen LogP contribution < -0.4 is 0 Å². The van der Waals surface area contributed by atoms with E-state index < -0.39 is 0 Å². The highest BCUT2D eigenvalue weighted by Gasteiger charge is 2.09. The van der Waals surface area contributed by atoms with Crippen LogP contribution >= 0.6 is 23.5 Å². The van der Waals surface area contributed by atoms with Crippen LogP contribution in [-0.4, -0.2) is 28.9 Å². The zero-order chi connectivity index (χ0) is 12.1. The first kappa shape index (κ1) is 12.3. The summed E-state index contributed by atoms with van der Waals surface area (Å²) in [6.45, 7) is 0. The normalized spacial score (nSPS) is 11.2. The maximum atomic E-state index is 4.52. The molecule has 0 amide bonds. The third-order valence-corrected chi connectivity index (χ3v) is 3.58. The minimum atomic E-state index is 0.925. The molecule has 0 aliphatic heterocycles. The van der Waals surface area contributed by atoms with Crippen molar-refractivity contribution in [2.24, 2.45) is 4.99 Å². The topological polar surface area (TPSA) is 41.0 Å². The van der Waals surface area contributed by atoms with Crippen LogP contribution in [0.2, 0.25) is 0 Å². The van der Waals surface area contributed by atoms with Gasteiger partial charge in [-0.2, -0.15) is 5.10 Å². The molecular formula is C12H13N3S2. The molecular weight excluding hydrogens is 250 g/mol. The lowest BCUT2D eigenvalue weighted by atomic mass is 10.2. The van der Waals surface area contributed by atoms with E-state index in [2.05, 4.69) is 15.2 Å². The predicted octanol–water partition coefficient (Wildman–Crippen LogP) is 3.60. The number of nitrogens with one attached hydrogen (secondary N) is 1. The van der Waals surface area contributed by atoms with E-state index in [1.54, 1.807) is 23.5 Å². The van der Waals surface area contributed by atoms with E-state index in [9.17, 15) is 0 Å². The Morgan fingerprint density at radius 3 is 2.59 bits per heavy atom. The molecule has 2 aromatic rings. The maximum absolute atomic E-state index is 4.52. The molecule has 1 aromatic heterocycles. The highest BCUT2D eigenvalue weighted by molar-refractivity contribution is 7.99. The van der Waals surface area contributed by atoms with Gasteiger partial charge in [-0.25, -0.2) is 0 Å². The van der Waals surface area contributed by atoms with Crippen LogP contribution in [0.1, 0.15) is 5.56 Å². The fourth-order valence-electron chi connectivity index (χ4n) is 1.38. The van der Waals surface area contributed by atoms with Crippen molar-refractivity contribution in [1.29, 1.82) is 0 Å². The standard InChI is InChI=1S/C12H13N3S2/c1-16-11-10(12(17-2)15-14-11)13-8-9-6-4-3-5-7-9/h3-8H,1-2H3,(H,14,15). The van der Waals surface area contributed by atoms with Crippen molar-refractivity contribution < 1.29 is 0 Å². The number of H-pyrrole nitrogens is 1. The second-order valence-corrected chi connectivity index (χ2v) is 4.90. The van der Waals surface area contributed by atoms with Gasteiger partial charge in [0.25, 0.3) is 0 Å². The number of rotatable bonds is 4. The zero-order valence-electron chi connectivity index (χ0n) is 9.68. The van der Waals surface area contributed by atoms with Gasteiger partial charge in [0, 0.05) is 6.21 Å². The molecule has 3 nitrogen and oxygen atoms in total. The Hall–Kier alpha value is -1.20. The Bertz CT molecular complexity index is 484. The Morgan fingerprint density at radius 2 is 1.94 bits per heavy atom. The van der Waals surface area contributed by atoms with Gasteiger partial charge in [0.15, 0.2) is 0 Å². The molecule has 5 heteroatoms. The fraction of sp³-hybridized carbons (Fsp3) is 0.167. The lowest BCUT2D eigenvalue weighted by Gasteiger charge is -1.96. The van der Waals surface area contributed by atoms with Crippen LogP contribution in [0.25, 0.3) is 0 Å². The second kappa shape index (κ2) is 5.93. The van der Waals surface area contributed by atoms with Crippen molar-refractivity contribution in [3.8, 4) is 0 Å². The monoisotopic (exact) mass is 263 g/mol. The van der Waals surface area contributed by atoms with E-state index in [4.69, 9.17) is 0 Å². The van der Waals surface area contributed by atoms with E-state index in [0.717, 1.165) is 21.3 Å². The number of thioether (sulfide) groups is 2. The Balaban J connectivity index is 2.29. The third kappa shape index (κ3) is 2.92. The van der Waals surface area contributed by atoms with Crippen molar-refractivity contribution in [3.05, 3.63) is 35.9 Å². The Labute approximate surface area is 109 Å². The summed E-state index contributed by atoms with van der Waals surface area (Å²) in [6, 6.07) is 10.1. The van der Waals surface area contributed by atoms with Gasteiger partial charge in [0.05, 0.1) is 0 Å². The number of benzene rings is 1. The largest absolute Gasteiger partial charge is 0.269 e. The average molecular weight is 263 g/mol. The minimum absolute atomic E-state index is 0.925. The molecule has 1 heterocycles. The van der Waals surface area contributed by atoms with E-state index in [1.165, 1.54) is 0 Å². The summed E-state index contributed by atoms with van der Waals surface area (Å²) in [4.78, 5) is 4.52. The molecule has 0 aliphatic rings. The van der Waals surface area contributed by atoms with E-state index in [1.807, 2.05) is 49.1 Å². The molecule has 0 spiro atoms. The lowest BCUT2D eigenvalue weighted by Crippen LogP contribution is -1.78. The van der Waals surface area contributed by atoms with Crippen LogP contribution in [-0.2, 0) is 0 Å². The molecule has 1 aromatic carbocycles. The summed E-state index contributed by atoms with van der Waals surface area (Å²) in [5.74, 6) is 0. The van der Waals surface area contributed by atoms with Crippen LogP contribution in [0.3, 0.4) is 0 Å². The third-order valence-electron chi connectivity index (χ3n) is 2.22. The highest BCUT2D eigenvalue weighted by Crippen LogP contribution is 2.34. The minimum Gasteiger partial charge on any atom is -0.269 e. The van der Waals surface area contributed by atoms with Crippen molar-refractivity contribution >= 4 is 35.4 Å². The van der Waals surface area contributed by atoms with Gasteiger partial charge in [0.2, 0.25) is 0 Å². The summed E-state index contributed by atoms with van der Waals surface area (Å²) < 4.78 is 0. The fourth-order valence-corrected chi connectivity index (χ4v) is 2.41. The van der Waals surface area contributed by atoms with Crippen LogP contribution in [0, 0.1) is 0 Å². The number of hydrogen-bond acceptors (Lipinski definition) is 4. The molecule has 0 unspecified atom stereocenters. The van der Waals surface area contributed by atoms with Gasteiger partial charge in [-0.3, -0.25) is 10.1 Å². The quantitative estimate of drug-likeness (QED) is 0.677. The van der Waals surface area contributed by atoms with Crippen molar-refractivity contribution in [3.63, 3.8) is 0 Å². The first-order valence-electron chi connectivity index (χ1n) is 5.10. The summed E-state index contributed by atoms with van der Waals surface area (Å²) in [7, 11) is 0. The van der Waals surface area contributed by atoms with Crippen molar-refractivity contribution in [2.75, 3.05) is 12.5 Å². The van der Waals surface area contributed by atoms with Gasteiger partial charge < -0.3 is 0 Å². The summed E-state index contributed by atoms with van der Waals surface area (Å²) in [5.41, 5.74) is 2.02. The van der Waals surface area contributed by atoms with Crippen LogP contribution in [0.5, 0.6) is 0 Å². The first-order valence-corrected chi connectivity index (χ1v) is 7.55. The van der Waals surface area contributed by atoms with Gasteiger partial charge >= 0.3 is 0 Å². The van der Waals surface area contributed by atoms with E-state index in [-0.39, 0.29) is 0 Å². The van der Waals surface area contributed by atoms with Crippen molar-refractivity contribution in [1.82, 2.24) is 10.2 Å². The molecule has 0 bridgehead atoms. The molecule has 17 heavy (non-hydrogen) atoms. The van der Waals surface area contributed by atoms with E-state index >= 15 is 0 Å². The maximum Gasteiger partial charge on any atom is 0.145 e. The molecule has 0 saturated carbocycles. The van der Waals surface area contributed by atoms with Crippen molar-refractivity contribution in [2.45, 2.75) is 10.1 Å². The SMILES string of the molecule is CSc1n[nH]c(SC)c1N=Cc1ccccc1. The Morgan fingerprint density at radius 1 is 1.18 bits per heavy atom. The molecule has 0 radical (unpaired) electrons. The first-order chi connectivity index (χ1) is 8.35. The van der Waals surface area contributed by atoms with E-state index in [0.29, 0.717) is 0 Å². The number of hydrogen-bond donors (Lipinski definition) is 1. The summed E-state index contributed by atoms with van der Waals surface area (Å²) in [5, 5.41) is 9.14. The molecule has 0 saturated heterocycles. The Kier molecular flexibility index (Phi) is 4.28. The number of aliphatic imine (C=N–C) groups is 1. The smallest absolute Gasteiger partial charge is 0.145 e. The predicted molar refractivity (Wildman–Crippen MR) is 75.8 cm³/mol. The van der Waals surface area contributed by atoms with Gasteiger partial charge in [0.1, 0.15) is 15.7 Å².